The molecule has 9 rings (SSSR count). The quantitative estimate of drug-likeness (QED) is 0.0872. The number of rotatable bonds is 13. The van der Waals surface area contributed by atoms with Gasteiger partial charge in [0.2, 0.25) is 0 Å². The number of ketones is 2. The molecular weight excluding hydrogens is 824 g/mol. The fraction of sp³-hybridized carbons (Fsp3) is 0.646. The van der Waals surface area contributed by atoms with Crippen molar-refractivity contribution < 1.29 is 47.5 Å². The van der Waals surface area contributed by atoms with Gasteiger partial charge >= 0.3 is 7.82 Å². The Bertz CT molecular complexity index is 2210. The Morgan fingerprint density at radius 1 is 0.905 bits per heavy atom. The van der Waals surface area contributed by atoms with Crippen LogP contribution in [0.3, 0.4) is 0 Å². The first-order valence-electron chi connectivity index (χ1n) is 23.0. The van der Waals surface area contributed by atoms with Crippen LogP contribution in [-0.4, -0.2) is 91.9 Å². The first-order chi connectivity index (χ1) is 29.7. The molecule has 7 atom stereocenters. The Labute approximate surface area is 372 Å². The number of Topliss-reactive ketones (excluding diaryl/α,β-unsaturated/α-hetero) is 2. The van der Waals surface area contributed by atoms with Crippen molar-refractivity contribution in [3.63, 3.8) is 0 Å². The standard InChI is InChI=1S/C48H67N4O10P/c1-29(2)16-15-21-46(8)22-20-33-40(59-46)32(18-17-30(3)4)41-36(42(33)61-63(56,57)58)39(53)37-38(49-51-24-11-9-12-25-51)34-28-35-45(6,7)62-47(43(34)54,48(35,37)60-41)23-19-31(5)44(55)50-52-26-13-10-14-27-52/h16-17,19-20,22,34-35,37-38,49H,9-15,18,21,23-28H2,1-8H3,(H,50,55)(H2,56,57,58)/b31-19-. The van der Waals surface area contributed by atoms with Crippen LogP contribution in [0.15, 0.2) is 41.0 Å². The van der Waals surface area contributed by atoms with E-state index >= 15 is 9.59 Å². The highest BCUT2D eigenvalue weighted by molar-refractivity contribution is 7.46. The molecule has 4 bridgehead atoms. The van der Waals surface area contributed by atoms with Gasteiger partial charge < -0.3 is 18.7 Å². The average Bonchev–Trinajstić information content (AvgIpc) is 3.35. The zero-order valence-corrected chi connectivity index (χ0v) is 39.2. The lowest BCUT2D eigenvalue weighted by atomic mass is 9.45. The van der Waals surface area contributed by atoms with E-state index in [2.05, 4.69) is 21.9 Å². The number of fused-ring (bicyclic) bond motifs is 2. The van der Waals surface area contributed by atoms with Crippen molar-refractivity contribution in [1.29, 1.82) is 0 Å². The number of nitrogens with one attached hydrogen (secondary N) is 2. The van der Waals surface area contributed by atoms with Gasteiger partial charge in [0.1, 0.15) is 22.7 Å². The highest BCUT2D eigenvalue weighted by Crippen LogP contribution is 2.71. The number of amides is 1. The summed E-state index contributed by atoms with van der Waals surface area (Å²) in [7, 11) is -5.28. The van der Waals surface area contributed by atoms with Crippen LogP contribution in [0.4, 0.5) is 0 Å². The van der Waals surface area contributed by atoms with Gasteiger partial charge in [-0.2, -0.15) is 0 Å². The van der Waals surface area contributed by atoms with Crippen molar-refractivity contribution in [2.24, 2.45) is 17.8 Å². The normalized spacial score (nSPS) is 32.2. The molecule has 1 aromatic carbocycles. The van der Waals surface area contributed by atoms with E-state index in [1.807, 2.05) is 65.6 Å². The van der Waals surface area contributed by atoms with E-state index in [1.54, 1.807) is 19.1 Å². The molecule has 3 aliphatic carbocycles. The van der Waals surface area contributed by atoms with Crippen molar-refractivity contribution in [3.05, 3.63) is 57.7 Å². The summed E-state index contributed by atoms with van der Waals surface area (Å²) in [5.41, 5.74) is 4.83. The highest BCUT2D eigenvalue weighted by Gasteiger charge is 2.85. The smallest absolute Gasteiger partial charge is 0.482 e. The number of ether oxygens (including phenoxy) is 3. The third kappa shape index (κ3) is 8.21. The van der Waals surface area contributed by atoms with Gasteiger partial charge in [-0.05, 0) is 119 Å². The molecule has 5 heterocycles. The molecule has 3 saturated heterocycles. The van der Waals surface area contributed by atoms with Gasteiger partial charge in [0.05, 0.1) is 17.1 Å². The number of allylic oxidation sites excluding steroid dienone is 4. The molecule has 344 valence electrons. The van der Waals surface area contributed by atoms with E-state index < -0.39 is 59.8 Å². The lowest BCUT2D eigenvalue weighted by molar-refractivity contribution is -0.208. The van der Waals surface area contributed by atoms with E-state index in [-0.39, 0.29) is 47.2 Å². The summed E-state index contributed by atoms with van der Waals surface area (Å²) in [5.74, 6) is -3.05. The number of hydrogen-bond acceptors (Lipinski definition) is 11. The number of nitrogens with zero attached hydrogens (tertiary/aromatic N) is 2. The topological polar surface area (TPSA) is 176 Å². The minimum Gasteiger partial charge on any atom is -0.482 e. The minimum atomic E-state index is -5.28. The third-order valence-corrected chi connectivity index (χ3v) is 15.0. The first-order valence-corrected chi connectivity index (χ1v) is 24.6. The maximum Gasteiger partial charge on any atom is 0.524 e. The molecule has 3 saturated carbocycles. The van der Waals surface area contributed by atoms with Crippen LogP contribution in [0.5, 0.6) is 17.2 Å². The van der Waals surface area contributed by atoms with Gasteiger partial charge in [-0.3, -0.25) is 35.0 Å². The zero-order valence-electron chi connectivity index (χ0n) is 38.3. The molecule has 1 aromatic rings. The number of piperidine rings is 2. The number of hydrogen-bond donors (Lipinski definition) is 4. The fourth-order valence-electron chi connectivity index (χ4n) is 11.6. The molecule has 8 aliphatic rings. The monoisotopic (exact) mass is 890 g/mol. The number of carbonyl (C=O) groups is 3. The second-order valence-electron chi connectivity index (χ2n) is 20.2. The predicted molar refractivity (Wildman–Crippen MR) is 239 cm³/mol. The first kappa shape index (κ1) is 45.9. The summed E-state index contributed by atoms with van der Waals surface area (Å²) in [4.78, 5) is 66.5. The number of hydrazine groups is 2. The number of phosphoric acid groups is 1. The van der Waals surface area contributed by atoms with Crippen molar-refractivity contribution in [2.75, 3.05) is 26.2 Å². The Hall–Kier alpha value is -3.62. The second kappa shape index (κ2) is 17.0. The summed E-state index contributed by atoms with van der Waals surface area (Å²) in [5, 5.41) is 4.03. The Balaban J connectivity index is 1.34. The van der Waals surface area contributed by atoms with Crippen molar-refractivity contribution >= 4 is 31.4 Å². The van der Waals surface area contributed by atoms with Gasteiger partial charge in [-0.15, -0.1) is 0 Å². The van der Waals surface area contributed by atoms with Crippen LogP contribution in [-0.2, 0) is 25.3 Å². The molecule has 6 fully saturated rings. The molecule has 15 heteroatoms. The molecule has 14 nitrogen and oxygen atoms in total. The summed E-state index contributed by atoms with van der Waals surface area (Å²) >= 11 is 0. The molecular formula is C48H67N4O10P. The molecule has 7 unspecified atom stereocenters. The number of carbonyl (C=O) groups excluding carboxylic acids is 3. The van der Waals surface area contributed by atoms with E-state index in [0.29, 0.717) is 36.1 Å². The van der Waals surface area contributed by atoms with Crippen molar-refractivity contribution in [1.82, 2.24) is 20.9 Å². The number of phosphoric ester groups is 1. The molecule has 63 heavy (non-hydrogen) atoms. The zero-order chi connectivity index (χ0) is 45.3. The minimum absolute atomic E-state index is 0.0289. The van der Waals surface area contributed by atoms with E-state index in [9.17, 15) is 19.1 Å². The SMILES string of the molecule is CC(C)=CCCC1(C)C=Cc2c(c(CC=C(C)C)c3c(c2OP(=O)(O)O)C(=O)C2C(NN4CCCCC4)C4CC5C(C)(C)OC(C/C=C(/C)C(=O)NN6CCCCC6)(C4=O)C25O3)O1. The van der Waals surface area contributed by atoms with Crippen LogP contribution in [0, 0.1) is 17.8 Å². The van der Waals surface area contributed by atoms with Crippen molar-refractivity contribution in [3.8, 4) is 17.2 Å². The largest absolute Gasteiger partial charge is 0.524 e. The Kier molecular flexibility index (Phi) is 12.4. The molecule has 1 spiro atoms. The highest BCUT2D eigenvalue weighted by atomic mass is 31.2. The maximum atomic E-state index is 16.1. The predicted octanol–water partition coefficient (Wildman–Crippen LogP) is 7.49. The van der Waals surface area contributed by atoms with Crippen LogP contribution in [0.2, 0.25) is 0 Å². The van der Waals surface area contributed by atoms with Gasteiger partial charge in [0, 0.05) is 61.6 Å². The summed E-state index contributed by atoms with van der Waals surface area (Å²) in [6, 6.07) is -0.726. The lowest BCUT2D eigenvalue weighted by Crippen LogP contribution is -2.82. The van der Waals surface area contributed by atoms with Gasteiger partial charge in [-0.1, -0.05) is 42.2 Å². The fourth-order valence-corrected chi connectivity index (χ4v) is 12.1. The molecule has 1 amide bonds. The molecule has 4 N–H and O–H groups in total. The number of benzene rings is 1. The summed E-state index contributed by atoms with van der Waals surface area (Å²) in [6.45, 7) is 18.6. The van der Waals surface area contributed by atoms with E-state index in [4.69, 9.17) is 18.7 Å². The Morgan fingerprint density at radius 3 is 2.19 bits per heavy atom. The summed E-state index contributed by atoms with van der Waals surface area (Å²) in [6.07, 6.45) is 17.5. The van der Waals surface area contributed by atoms with E-state index in [1.165, 1.54) is 5.57 Å². The maximum absolute atomic E-state index is 16.1. The third-order valence-electron chi connectivity index (χ3n) is 14.6. The van der Waals surface area contributed by atoms with E-state index in [0.717, 1.165) is 70.3 Å². The Morgan fingerprint density at radius 2 is 1.56 bits per heavy atom. The van der Waals surface area contributed by atoms with Gasteiger partial charge in [-0.25, -0.2) is 14.6 Å². The van der Waals surface area contributed by atoms with Gasteiger partial charge in [0.15, 0.2) is 28.5 Å². The summed E-state index contributed by atoms with van der Waals surface area (Å²) < 4.78 is 40.3. The van der Waals surface area contributed by atoms with Crippen LogP contribution in [0.1, 0.15) is 141 Å². The van der Waals surface area contributed by atoms with Crippen LogP contribution in [0.25, 0.3) is 6.08 Å². The van der Waals surface area contributed by atoms with Crippen LogP contribution < -0.4 is 24.8 Å². The molecule has 5 aliphatic heterocycles. The second-order valence-corrected chi connectivity index (χ2v) is 21.4. The van der Waals surface area contributed by atoms with Crippen molar-refractivity contribution in [2.45, 2.75) is 154 Å². The lowest BCUT2D eigenvalue weighted by Gasteiger charge is -2.63. The molecule has 0 radical (unpaired) electrons. The van der Waals surface area contributed by atoms with Gasteiger partial charge in [0.25, 0.3) is 5.91 Å². The molecule has 0 aromatic heterocycles. The average molecular weight is 891 g/mol. The van der Waals surface area contributed by atoms with Crippen LogP contribution >= 0.6 is 7.82 Å².